The Balaban J connectivity index is 2.25. The van der Waals surface area contributed by atoms with Crippen molar-refractivity contribution in [2.24, 2.45) is 0 Å². The van der Waals surface area contributed by atoms with Crippen LogP contribution in [0.3, 0.4) is 0 Å². The molecule has 1 aliphatic heterocycles. The van der Waals surface area contributed by atoms with E-state index in [1.807, 2.05) is 4.90 Å². The summed E-state index contributed by atoms with van der Waals surface area (Å²) in [6, 6.07) is 4.46. The van der Waals surface area contributed by atoms with Crippen LogP contribution in [0, 0.1) is 10.1 Å². The van der Waals surface area contributed by atoms with Gasteiger partial charge in [-0.25, -0.2) is 0 Å². The van der Waals surface area contributed by atoms with E-state index >= 15 is 0 Å². The largest absolute Gasteiger partial charge is 0.393 e. The van der Waals surface area contributed by atoms with Crippen molar-refractivity contribution in [1.29, 1.82) is 0 Å². The van der Waals surface area contributed by atoms with E-state index in [1.165, 1.54) is 18.2 Å². The quantitative estimate of drug-likeness (QED) is 0.526. The highest BCUT2D eigenvalue weighted by molar-refractivity contribution is 5.96. The molecule has 21 heavy (non-hydrogen) atoms. The van der Waals surface area contributed by atoms with Gasteiger partial charge in [0.05, 0.1) is 4.92 Å². The minimum atomic E-state index is -0.537. The van der Waals surface area contributed by atoms with Gasteiger partial charge >= 0.3 is 0 Å². The lowest BCUT2D eigenvalue weighted by molar-refractivity contribution is -0.383. The summed E-state index contributed by atoms with van der Waals surface area (Å²) in [4.78, 5) is 24.8. The summed E-state index contributed by atoms with van der Waals surface area (Å²) in [7, 11) is 0. The van der Waals surface area contributed by atoms with Crippen LogP contribution in [0.5, 0.6) is 0 Å². The topological polar surface area (TPSA) is 89.5 Å². The van der Waals surface area contributed by atoms with Gasteiger partial charge in [-0.3, -0.25) is 14.9 Å². The van der Waals surface area contributed by atoms with E-state index in [4.69, 9.17) is 5.73 Å². The maximum absolute atomic E-state index is 12.7. The Kier molecular flexibility index (Phi) is 4.77. The first-order valence-corrected chi connectivity index (χ1v) is 7.39. The van der Waals surface area contributed by atoms with Gasteiger partial charge in [0, 0.05) is 24.2 Å². The third-order valence-electron chi connectivity index (χ3n) is 4.08. The van der Waals surface area contributed by atoms with Crippen LogP contribution in [0.25, 0.3) is 0 Å². The number of hydrogen-bond acceptors (Lipinski definition) is 4. The van der Waals surface area contributed by atoms with E-state index in [0.29, 0.717) is 5.56 Å². The van der Waals surface area contributed by atoms with Gasteiger partial charge in [-0.15, -0.1) is 0 Å². The number of nitrogens with two attached hydrogens (primary N) is 1. The molecule has 0 aromatic heterocycles. The fraction of sp³-hybridized carbons (Fsp3) is 0.533. The van der Waals surface area contributed by atoms with E-state index in [1.54, 1.807) is 0 Å². The van der Waals surface area contributed by atoms with Gasteiger partial charge in [-0.05, 0) is 31.4 Å². The molecule has 1 fully saturated rings. The van der Waals surface area contributed by atoms with Crippen LogP contribution >= 0.6 is 0 Å². The number of benzene rings is 1. The van der Waals surface area contributed by atoms with E-state index in [-0.39, 0.29) is 23.3 Å². The number of amides is 1. The summed E-state index contributed by atoms with van der Waals surface area (Å²) in [5.74, 6) is -0.0784. The molecule has 6 heteroatoms. The zero-order chi connectivity index (χ0) is 15.4. The third-order valence-corrected chi connectivity index (χ3v) is 4.08. The predicted molar refractivity (Wildman–Crippen MR) is 81.1 cm³/mol. The van der Waals surface area contributed by atoms with Crippen molar-refractivity contribution >= 4 is 17.3 Å². The molecule has 1 aromatic carbocycles. The molecule has 114 valence electrons. The van der Waals surface area contributed by atoms with E-state index in [2.05, 4.69) is 6.92 Å². The zero-order valence-corrected chi connectivity index (χ0v) is 12.2. The van der Waals surface area contributed by atoms with Gasteiger partial charge in [0.15, 0.2) is 0 Å². The maximum Gasteiger partial charge on any atom is 0.292 e. The molecular formula is C15H21N3O3. The highest BCUT2D eigenvalue weighted by Crippen LogP contribution is 2.25. The molecule has 0 bridgehead atoms. The van der Waals surface area contributed by atoms with E-state index in [0.717, 1.165) is 38.6 Å². The van der Waals surface area contributed by atoms with Crippen LogP contribution in [0.2, 0.25) is 0 Å². The summed E-state index contributed by atoms with van der Waals surface area (Å²) < 4.78 is 0. The second-order valence-electron chi connectivity index (χ2n) is 5.44. The normalized spacial score (nSPS) is 19.1. The number of nitrogens with zero attached hydrogens (tertiary/aromatic N) is 2. The van der Waals surface area contributed by atoms with Gasteiger partial charge in [0.25, 0.3) is 11.6 Å². The monoisotopic (exact) mass is 291 g/mol. The van der Waals surface area contributed by atoms with Gasteiger partial charge in [-0.2, -0.15) is 0 Å². The number of nitrogen functional groups attached to an aromatic ring is 1. The van der Waals surface area contributed by atoms with Crippen LogP contribution in [0.15, 0.2) is 18.2 Å². The first-order chi connectivity index (χ1) is 10.0. The average Bonchev–Trinajstić information content (AvgIpc) is 2.71. The fourth-order valence-corrected chi connectivity index (χ4v) is 2.89. The molecule has 1 aliphatic rings. The highest BCUT2D eigenvalue weighted by Gasteiger charge is 2.26. The summed E-state index contributed by atoms with van der Waals surface area (Å²) in [6.45, 7) is 2.83. The van der Waals surface area contributed by atoms with Gasteiger partial charge < -0.3 is 10.6 Å². The molecule has 0 radical (unpaired) electrons. The number of anilines is 1. The van der Waals surface area contributed by atoms with Crippen molar-refractivity contribution in [3.8, 4) is 0 Å². The minimum Gasteiger partial charge on any atom is -0.393 e. The molecule has 1 saturated heterocycles. The Morgan fingerprint density at radius 1 is 1.43 bits per heavy atom. The molecule has 0 saturated carbocycles. The Morgan fingerprint density at radius 2 is 2.19 bits per heavy atom. The molecule has 1 heterocycles. The Bertz CT molecular complexity index is 545. The Labute approximate surface area is 124 Å². The van der Waals surface area contributed by atoms with Crippen molar-refractivity contribution in [3.05, 3.63) is 33.9 Å². The lowest BCUT2D eigenvalue weighted by atomic mass is 10.1. The number of carbonyl (C=O) groups excluding carboxylic acids is 1. The number of nitro benzene ring substituents is 1. The smallest absolute Gasteiger partial charge is 0.292 e. The number of carbonyl (C=O) groups is 1. The molecule has 0 spiro atoms. The van der Waals surface area contributed by atoms with Crippen LogP contribution < -0.4 is 5.73 Å². The van der Waals surface area contributed by atoms with Crippen LogP contribution in [0.1, 0.15) is 49.4 Å². The van der Waals surface area contributed by atoms with Crippen molar-refractivity contribution < 1.29 is 9.72 Å². The summed E-state index contributed by atoms with van der Waals surface area (Å²) in [5, 5.41) is 10.8. The number of nitro groups is 1. The van der Waals surface area contributed by atoms with Crippen molar-refractivity contribution in [2.45, 2.75) is 45.1 Å². The molecule has 2 N–H and O–H groups in total. The van der Waals surface area contributed by atoms with Gasteiger partial charge in [0.2, 0.25) is 0 Å². The summed E-state index contributed by atoms with van der Waals surface area (Å²) in [5.41, 5.74) is 5.98. The standard InChI is InChI=1S/C15H21N3O3/c1-2-12-6-4-3-5-9-17(12)15(19)11-7-8-14(18(20)21)13(16)10-11/h7-8,10,12H,2-6,9,16H2,1H3. The lowest BCUT2D eigenvalue weighted by Gasteiger charge is -2.29. The molecule has 2 rings (SSSR count). The minimum absolute atomic E-state index is 0.0359. The SMILES string of the molecule is CCC1CCCCCN1C(=O)c1ccc([N+](=O)[O-])c(N)c1. The van der Waals surface area contributed by atoms with Crippen LogP contribution in [-0.2, 0) is 0 Å². The average molecular weight is 291 g/mol. The van der Waals surface area contributed by atoms with Crippen molar-refractivity contribution in [1.82, 2.24) is 4.90 Å². The summed E-state index contributed by atoms with van der Waals surface area (Å²) in [6.07, 6.45) is 5.23. The third kappa shape index (κ3) is 3.32. The van der Waals surface area contributed by atoms with Crippen molar-refractivity contribution in [2.75, 3.05) is 12.3 Å². The van der Waals surface area contributed by atoms with Crippen LogP contribution in [0.4, 0.5) is 11.4 Å². The van der Waals surface area contributed by atoms with Crippen LogP contribution in [-0.4, -0.2) is 28.3 Å². The molecule has 1 atom stereocenters. The molecular weight excluding hydrogens is 270 g/mol. The molecule has 6 nitrogen and oxygen atoms in total. The maximum atomic E-state index is 12.7. The fourth-order valence-electron chi connectivity index (χ4n) is 2.89. The second-order valence-corrected chi connectivity index (χ2v) is 5.44. The number of rotatable bonds is 3. The number of hydrogen-bond donors (Lipinski definition) is 1. The Morgan fingerprint density at radius 3 is 2.81 bits per heavy atom. The highest BCUT2D eigenvalue weighted by atomic mass is 16.6. The molecule has 1 aromatic rings. The van der Waals surface area contributed by atoms with Gasteiger partial charge in [0.1, 0.15) is 5.69 Å². The zero-order valence-electron chi connectivity index (χ0n) is 12.2. The molecule has 1 amide bonds. The van der Waals surface area contributed by atoms with Gasteiger partial charge in [-0.1, -0.05) is 19.8 Å². The predicted octanol–water partition coefficient (Wildman–Crippen LogP) is 2.97. The van der Waals surface area contributed by atoms with E-state index < -0.39 is 4.92 Å². The molecule has 1 unspecified atom stereocenters. The Hall–Kier alpha value is -2.11. The van der Waals surface area contributed by atoms with E-state index in [9.17, 15) is 14.9 Å². The first kappa shape index (κ1) is 15.3. The summed E-state index contributed by atoms with van der Waals surface area (Å²) >= 11 is 0. The second kappa shape index (κ2) is 6.56. The van der Waals surface area contributed by atoms with Crippen molar-refractivity contribution in [3.63, 3.8) is 0 Å². The number of likely N-dealkylation sites (tertiary alicyclic amines) is 1. The first-order valence-electron chi connectivity index (χ1n) is 7.39. The molecule has 0 aliphatic carbocycles. The lowest BCUT2D eigenvalue weighted by Crippen LogP contribution is -2.39.